The predicted octanol–water partition coefficient (Wildman–Crippen LogP) is 2.43. The molecular formula is C20H18N4O6. The van der Waals surface area contributed by atoms with Gasteiger partial charge in [0.1, 0.15) is 5.69 Å². The summed E-state index contributed by atoms with van der Waals surface area (Å²) in [6, 6.07) is 10.8. The van der Waals surface area contributed by atoms with Gasteiger partial charge in [0.2, 0.25) is 0 Å². The number of hydrogen-bond donors (Lipinski definition) is 1. The summed E-state index contributed by atoms with van der Waals surface area (Å²) in [6.07, 6.45) is 0. The highest BCUT2D eigenvalue weighted by Crippen LogP contribution is 2.27. The van der Waals surface area contributed by atoms with Crippen LogP contribution in [0.25, 0.3) is 10.8 Å². The zero-order valence-corrected chi connectivity index (χ0v) is 16.2. The van der Waals surface area contributed by atoms with Gasteiger partial charge in [-0.25, -0.2) is 9.48 Å². The third-order valence-electron chi connectivity index (χ3n) is 4.41. The van der Waals surface area contributed by atoms with Gasteiger partial charge in [-0.05, 0) is 25.5 Å². The number of ether oxygens (including phenoxy) is 1. The lowest BCUT2D eigenvalue weighted by atomic mass is 10.1. The molecule has 10 nitrogen and oxygen atoms in total. The van der Waals surface area contributed by atoms with Gasteiger partial charge in [0, 0.05) is 18.0 Å². The van der Waals surface area contributed by atoms with Crippen molar-refractivity contribution < 1.29 is 19.2 Å². The fourth-order valence-corrected chi connectivity index (χ4v) is 2.94. The van der Waals surface area contributed by atoms with Crippen LogP contribution in [-0.4, -0.2) is 33.2 Å². The lowest BCUT2D eigenvalue weighted by Gasteiger charge is -2.11. The van der Waals surface area contributed by atoms with E-state index in [1.807, 2.05) is 0 Å². The van der Waals surface area contributed by atoms with Crippen LogP contribution in [0.3, 0.4) is 0 Å². The molecule has 0 aliphatic carbocycles. The number of rotatable bonds is 6. The molecule has 0 saturated carbocycles. The van der Waals surface area contributed by atoms with Crippen LogP contribution in [-0.2, 0) is 16.1 Å². The van der Waals surface area contributed by atoms with Crippen molar-refractivity contribution in [2.75, 3.05) is 11.9 Å². The third kappa shape index (κ3) is 4.02. The molecule has 0 unspecified atom stereocenters. The molecule has 1 heterocycles. The van der Waals surface area contributed by atoms with E-state index < -0.39 is 23.4 Å². The number of carbonyl (C=O) groups excluding carboxylic acids is 2. The Hall–Kier alpha value is -4.08. The van der Waals surface area contributed by atoms with Gasteiger partial charge < -0.3 is 10.1 Å². The molecule has 0 saturated heterocycles. The van der Waals surface area contributed by atoms with Crippen LogP contribution in [0.4, 0.5) is 11.4 Å². The number of esters is 1. The number of hydrogen-bond acceptors (Lipinski definition) is 7. The molecule has 0 fully saturated rings. The fourth-order valence-electron chi connectivity index (χ4n) is 2.94. The second kappa shape index (κ2) is 8.52. The quantitative estimate of drug-likeness (QED) is 0.375. The Balaban J connectivity index is 1.80. The van der Waals surface area contributed by atoms with E-state index >= 15 is 0 Å². The maximum absolute atomic E-state index is 12.5. The standard InChI is InChI=1S/C20H18N4O6/c1-3-23-19(26)14-9-5-4-8-13(14)18(22-23)20(27)30-11-16(25)21-17-12(2)7-6-10-15(17)24(28)29/h4-10H,3,11H2,1-2H3,(H,21,25). The van der Waals surface area contributed by atoms with Crippen molar-refractivity contribution >= 4 is 34.0 Å². The summed E-state index contributed by atoms with van der Waals surface area (Å²) in [5.74, 6) is -1.63. The highest BCUT2D eigenvalue weighted by atomic mass is 16.6. The minimum absolute atomic E-state index is 0.0339. The molecule has 10 heteroatoms. The number of nitrogens with one attached hydrogen (secondary N) is 1. The fraction of sp³-hybridized carbons (Fsp3) is 0.200. The van der Waals surface area contributed by atoms with Crippen molar-refractivity contribution in [3.05, 3.63) is 74.2 Å². The zero-order valence-electron chi connectivity index (χ0n) is 16.2. The number of aromatic nitrogens is 2. The molecule has 0 atom stereocenters. The zero-order chi connectivity index (χ0) is 21.8. The molecule has 1 amide bonds. The number of aryl methyl sites for hydroxylation is 2. The summed E-state index contributed by atoms with van der Waals surface area (Å²) < 4.78 is 6.19. The topological polar surface area (TPSA) is 133 Å². The summed E-state index contributed by atoms with van der Waals surface area (Å²) in [5.41, 5.74) is -0.174. The van der Waals surface area contributed by atoms with Crippen molar-refractivity contribution in [3.8, 4) is 0 Å². The molecule has 0 aliphatic rings. The Bertz CT molecular complexity index is 1220. The molecule has 2 aromatic carbocycles. The van der Waals surface area contributed by atoms with Gasteiger partial charge in [-0.1, -0.05) is 30.3 Å². The van der Waals surface area contributed by atoms with E-state index in [2.05, 4.69) is 10.4 Å². The van der Waals surface area contributed by atoms with Gasteiger partial charge in [-0.15, -0.1) is 0 Å². The minimum atomic E-state index is -0.886. The number of para-hydroxylation sites is 1. The second-order valence-corrected chi connectivity index (χ2v) is 6.37. The van der Waals surface area contributed by atoms with Crippen LogP contribution in [0, 0.1) is 17.0 Å². The number of anilines is 1. The van der Waals surface area contributed by atoms with Crippen molar-refractivity contribution in [2.45, 2.75) is 20.4 Å². The Kier molecular flexibility index (Phi) is 5.86. The highest BCUT2D eigenvalue weighted by Gasteiger charge is 2.21. The van der Waals surface area contributed by atoms with Crippen LogP contribution in [0.1, 0.15) is 23.0 Å². The van der Waals surface area contributed by atoms with Gasteiger partial charge in [0.05, 0.1) is 10.3 Å². The normalized spacial score (nSPS) is 10.6. The second-order valence-electron chi connectivity index (χ2n) is 6.37. The molecule has 154 valence electrons. The van der Waals surface area contributed by atoms with E-state index in [0.29, 0.717) is 16.3 Å². The van der Waals surface area contributed by atoms with Crippen molar-refractivity contribution in [2.24, 2.45) is 0 Å². The van der Waals surface area contributed by atoms with Gasteiger partial charge >= 0.3 is 5.97 Å². The number of amides is 1. The molecule has 0 radical (unpaired) electrons. The Labute approximate surface area is 170 Å². The smallest absolute Gasteiger partial charge is 0.359 e. The van der Waals surface area contributed by atoms with E-state index in [4.69, 9.17) is 4.74 Å². The first-order valence-electron chi connectivity index (χ1n) is 9.04. The van der Waals surface area contributed by atoms with Gasteiger partial charge in [0.25, 0.3) is 17.2 Å². The number of fused-ring (bicyclic) bond motifs is 1. The molecule has 0 aliphatic heterocycles. The van der Waals surface area contributed by atoms with Gasteiger partial charge in [-0.3, -0.25) is 19.7 Å². The van der Waals surface area contributed by atoms with Crippen LogP contribution >= 0.6 is 0 Å². The summed E-state index contributed by atoms with van der Waals surface area (Å²) in [4.78, 5) is 47.7. The molecule has 30 heavy (non-hydrogen) atoms. The first-order chi connectivity index (χ1) is 14.3. The minimum Gasteiger partial charge on any atom is -0.451 e. The van der Waals surface area contributed by atoms with E-state index in [1.165, 1.54) is 12.1 Å². The Morgan fingerprint density at radius 3 is 2.53 bits per heavy atom. The van der Waals surface area contributed by atoms with Gasteiger partial charge in [-0.2, -0.15) is 5.10 Å². The van der Waals surface area contributed by atoms with Crippen LogP contribution in [0.2, 0.25) is 0 Å². The van der Waals surface area contributed by atoms with E-state index in [1.54, 1.807) is 44.2 Å². The highest BCUT2D eigenvalue weighted by molar-refractivity contribution is 6.03. The molecule has 0 spiro atoms. The summed E-state index contributed by atoms with van der Waals surface area (Å²) in [6.45, 7) is 2.90. The number of nitro benzene ring substituents is 1. The lowest BCUT2D eigenvalue weighted by molar-refractivity contribution is -0.384. The van der Waals surface area contributed by atoms with Crippen LogP contribution < -0.4 is 10.9 Å². The van der Waals surface area contributed by atoms with E-state index in [0.717, 1.165) is 4.68 Å². The van der Waals surface area contributed by atoms with E-state index in [-0.39, 0.29) is 29.2 Å². The average Bonchev–Trinajstić information content (AvgIpc) is 2.73. The summed E-state index contributed by atoms with van der Waals surface area (Å²) in [7, 11) is 0. The van der Waals surface area contributed by atoms with Crippen molar-refractivity contribution in [3.63, 3.8) is 0 Å². The van der Waals surface area contributed by atoms with Crippen molar-refractivity contribution in [1.29, 1.82) is 0 Å². The third-order valence-corrected chi connectivity index (χ3v) is 4.41. The SMILES string of the molecule is CCn1nc(C(=O)OCC(=O)Nc2c(C)cccc2[N+](=O)[O-])c2ccccc2c1=O. The Morgan fingerprint density at radius 1 is 1.17 bits per heavy atom. The van der Waals surface area contributed by atoms with E-state index in [9.17, 15) is 24.5 Å². The lowest BCUT2D eigenvalue weighted by Crippen LogP contribution is -2.27. The summed E-state index contributed by atoms with van der Waals surface area (Å²) in [5, 5.41) is 18.2. The van der Waals surface area contributed by atoms with Gasteiger partial charge in [0.15, 0.2) is 12.3 Å². The maximum Gasteiger partial charge on any atom is 0.359 e. The monoisotopic (exact) mass is 410 g/mol. The number of nitrogens with zero attached hydrogens (tertiary/aromatic N) is 3. The van der Waals surface area contributed by atoms with Crippen LogP contribution in [0.15, 0.2) is 47.3 Å². The number of nitro groups is 1. The maximum atomic E-state index is 12.5. The van der Waals surface area contributed by atoms with Crippen LogP contribution in [0.5, 0.6) is 0 Å². The first-order valence-corrected chi connectivity index (χ1v) is 9.04. The largest absolute Gasteiger partial charge is 0.451 e. The molecule has 3 aromatic rings. The van der Waals surface area contributed by atoms with Crippen molar-refractivity contribution in [1.82, 2.24) is 9.78 Å². The first kappa shape index (κ1) is 20.6. The molecule has 1 aromatic heterocycles. The predicted molar refractivity (Wildman–Crippen MR) is 108 cm³/mol. The number of carbonyl (C=O) groups is 2. The Morgan fingerprint density at radius 2 is 1.87 bits per heavy atom. The average molecular weight is 410 g/mol. The molecule has 3 rings (SSSR count). The molecule has 0 bridgehead atoms. The molecular weight excluding hydrogens is 392 g/mol. The molecule has 1 N–H and O–H groups in total. The summed E-state index contributed by atoms with van der Waals surface area (Å²) >= 11 is 0. The number of benzene rings is 2.